The summed E-state index contributed by atoms with van der Waals surface area (Å²) >= 11 is 0. The molecule has 146 valence electrons. The van der Waals surface area contributed by atoms with Gasteiger partial charge in [-0.05, 0) is 56.0 Å². The van der Waals surface area contributed by atoms with E-state index in [0.29, 0.717) is 18.9 Å². The van der Waals surface area contributed by atoms with E-state index in [1.807, 2.05) is 60.7 Å². The van der Waals surface area contributed by atoms with Gasteiger partial charge in [0.05, 0.1) is 6.04 Å². The van der Waals surface area contributed by atoms with E-state index in [-0.39, 0.29) is 24.4 Å². The number of piperidine rings is 1. The Morgan fingerprint density at radius 3 is 2.33 bits per heavy atom. The van der Waals surface area contributed by atoms with E-state index in [0.717, 1.165) is 30.8 Å². The van der Waals surface area contributed by atoms with Crippen LogP contribution in [0.2, 0.25) is 0 Å². The molecule has 1 saturated heterocycles. The molecule has 2 aromatic carbocycles. The predicted molar refractivity (Wildman–Crippen MR) is 111 cm³/mol. The van der Waals surface area contributed by atoms with Crippen LogP contribution in [0, 0.1) is 5.92 Å². The van der Waals surface area contributed by atoms with E-state index in [4.69, 9.17) is 4.74 Å². The van der Waals surface area contributed by atoms with Crippen LogP contribution in [0.5, 0.6) is 5.75 Å². The normalized spacial score (nSPS) is 15.4. The molecule has 5 heteroatoms. The van der Waals surface area contributed by atoms with Gasteiger partial charge in [0.25, 0.3) is 0 Å². The van der Waals surface area contributed by atoms with Gasteiger partial charge in [-0.1, -0.05) is 48.5 Å². The summed E-state index contributed by atoms with van der Waals surface area (Å²) in [5.74, 6) is 1.59. The second-order valence-electron chi connectivity index (χ2n) is 6.89. The molecule has 0 aromatic heterocycles. The first kappa shape index (κ1) is 21.3. The highest BCUT2D eigenvalue weighted by Gasteiger charge is 2.18. The number of hydrogen-bond donors (Lipinski definition) is 2. The molecule has 0 saturated carbocycles. The summed E-state index contributed by atoms with van der Waals surface area (Å²) in [7, 11) is 0. The average molecular weight is 389 g/mol. The highest BCUT2D eigenvalue weighted by atomic mass is 35.5. The van der Waals surface area contributed by atoms with Crippen LogP contribution in [-0.2, 0) is 4.79 Å². The van der Waals surface area contributed by atoms with Crippen LogP contribution >= 0.6 is 12.4 Å². The average Bonchev–Trinajstić information content (AvgIpc) is 2.72. The standard InChI is InChI=1S/C22H28N2O2.ClH/c25-22(12-11-18-13-15-23-16-14-18)24-21(19-7-3-1-4-8-19)17-26-20-9-5-2-6-10-20;/h1-10,18,21,23H,11-17H2,(H,24,25);1H. The summed E-state index contributed by atoms with van der Waals surface area (Å²) in [6, 6.07) is 19.6. The van der Waals surface area contributed by atoms with Gasteiger partial charge in [0, 0.05) is 6.42 Å². The van der Waals surface area contributed by atoms with E-state index in [1.54, 1.807) is 0 Å². The smallest absolute Gasteiger partial charge is 0.220 e. The molecule has 27 heavy (non-hydrogen) atoms. The Labute approximate surface area is 168 Å². The molecule has 0 aliphatic carbocycles. The van der Waals surface area contributed by atoms with Crippen molar-refractivity contribution >= 4 is 18.3 Å². The third-order valence-corrected chi connectivity index (χ3v) is 4.94. The van der Waals surface area contributed by atoms with E-state index in [9.17, 15) is 4.79 Å². The summed E-state index contributed by atoms with van der Waals surface area (Å²) < 4.78 is 5.89. The maximum Gasteiger partial charge on any atom is 0.220 e. The molecule has 1 fully saturated rings. The molecule has 1 amide bonds. The molecule has 1 heterocycles. The van der Waals surface area contributed by atoms with Crippen LogP contribution in [-0.4, -0.2) is 25.6 Å². The number of hydrogen-bond acceptors (Lipinski definition) is 3. The zero-order valence-corrected chi connectivity index (χ0v) is 16.4. The molecule has 0 radical (unpaired) electrons. The van der Waals surface area contributed by atoms with Crippen molar-refractivity contribution in [3.8, 4) is 5.75 Å². The lowest BCUT2D eigenvalue weighted by molar-refractivity contribution is -0.122. The minimum Gasteiger partial charge on any atom is -0.491 e. The van der Waals surface area contributed by atoms with Crippen LogP contribution in [0.25, 0.3) is 0 Å². The fraction of sp³-hybridized carbons (Fsp3) is 0.409. The minimum atomic E-state index is -0.142. The fourth-order valence-electron chi connectivity index (χ4n) is 3.37. The number of para-hydroxylation sites is 1. The Morgan fingerprint density at radius 1 is 1.04 bits per heavy atom. The Balaban J connectivity index is 0.00000261. The first-order valence-electron chi connectivity index (χ1n) is 9.54. The number of rotatable bonds is 8. The van der Waals surface area contributed by atoms with E-state index in [1.165, 1.54) is 12.8 Å². The van der Waals surface area contributed by atoms with Gasteiger partial charge in [0.1, 0.15) is 12.4 Å². The van der Waals surface area contributed by atoms with Crippen molar-refractivity contribution in [2.24, 2.45) is 5.92 Å². The van der Waals surface area contributed by atoms with Gasteiger partial charge in [-0.2, -0.15) is 0 Å². The summed E-state index contributed by atoms with van der Waals surface area (Å²) in [5.41, 5.74) is 1.07. The van der Waals surface area contributed by atoms with Crippen molar-refractivity contribution in [1.82, 2.24) is 10.6 Å². The van der Waals surface area contributed by atoms with Gasteiger partial charge in [0.2, 0.25) is 5.91 Å². The highest BCUT2D eigenvalue weighted by molar-refractivity contribution is 5.85. The quantitative estimate of drug-likeness (QED) is 0.715. The lowest BCUT2D eigenvalue weighted by Gasteiger charge is -2.23. The third-order valence-electron chi connectivity index (χ3n) is 4.94. The maximum atomic E-state index is 12.5. The van der Waals surface area contributed by atoms with Crippen LogP contribution in [0.4, 0.5) is 0 Å². The highest BCUT2D eigenvalue weighted by Crippen LogP contribution is 2.19. The summed E-state index contributed by atoms with van der Waals surface area (Å²) in [5, 5.41) is 6.53. The van der Waals surface area contributed by atoms with Crippen molar-refractivity contribution in [1.29, 1.82) is 0 Å². The van der Waals surface area contributed by atoms with Gasteiger partial charge < -0.3 is 15.4 Å². The second-order valence-corrected chi connectivity index (χ2v) is 6.89. The number of halogens is 1. The minimum absolute atomic E-state index is 0. The number of benzene rings is 2. The molecule has 2 aromatic rings. The molecule has 2 N–H and O–H groups in total. The van der Waals surface area contributed by atoms with Crippen molar-refractivity contribution in [3.05, 3.63) is 66.2 Å². The van der Waals surface area contributed by atoms with Gasteiger partial charge in [-0.3, -0.25) is 4.79 Å². The van der Waals surface area contributed by atoms with Crippen LogP contribution in [0.1, 0.15) is 37.3 Å². The molecule has 4 nitrogen and oxygen atoms in total. The van der Waals surface area contributed by atoms with Gasteiger partial charge >= 0.3 is 0 Å². The first-order valence-corrected chi connectivity index (χ1v) is 9.54. The molecule has 1 aliphatic rings. The lowest BCUT2D eigenvalue weighted by Crippen LogP contribution is -2.33. The van der Waals surface area contributed by atoms with Crippen molar-refractivity contribution in [2.45, 2.75) is 31.7 Å². The van der Waals surface area contributed by atoms with Gasteiger partial charge in [-0.15, -0.1) is 12.4 Å². The molecule has 3 rings (SSSR count). The predicted octanol–water partition coefficient (Wildman–Crippen LogP) is 4.12. The SMILES string of the molecule is Cl.O=C(CCC1CCNCC1)NC(COc1ccccc1)c1ccccc1. The van der Waals surface area contributed by atoms with Crippen LogP contribution < -0.4 is 15.4 Å². The van der Waals surface area contributed by atoms with Crippen LogP contribution in [0.15, 0.2) is 60.7 Å². The van der Waals surface area contributed by atoms with E-state index >= 15 is 0 Å². The monoisotopic (exact) mass is 388 g/mol. The summed E-state index contributed by atoms with van der Waals surface area (Å²) in [6.07, 6.45) is 3.90. The van der Waals surface area contributed by atoms with Gasteiger partial charge in [-0.25, -0.2) is 0 Å². The number of carbonyl (C=O) groups is 1. The molecule has 1 aliphatic heterocycles. The number of ether oxygens (including phenoxy) is 1. The Bertz CT molecular complexity index is 661. The maximum absolute atomic E-state index is 12.5. The number of nitrogens with one attached hydrogen (secondary N) is 2. The molecule has 1 atom stereocenters. The van der Waals surface area contributed by atoms with E-state index in [2.05, 4.69) is 10.6 Å². The number of carbonyl (C=O) groups excluding carboxylic acids is 1. The fourth-order valence-corrected chi connectivity index (χ4v) is 3.37. The summed E-state index contributed by atoms with van der Waals surface area (Å²) in [4.78, 5) is 12.5. The van der Waals surface area contributed by atoms with Crippen molar-refractivity contribution < 1.29 is 9.53 Å². The second kappa shape index (κ2) is 11.6. The molecule has 0 spiro atoms. The summed E-state index contributed by atoms with van der Waals surface area (Å²) in [6.45, 7) is 2.57. The van der Waals surface area contributed by atoms with E-state index < -0.39 is 0 Å². The van der Waals surface area contributed by atoms with Crippen molar-refractivity contribution in [2.75, 3.05) is 19.7 Å². The number of amides is 1. The third kappa shape index (κ3) is 7.24. The Kier molecular flexibility index (Phi) is 9.16. The molecular formula is C22H29ClN2O2. The van der Waals surface area contributed by atoms with Gasteiger partial charge in [0.15, 0.2) is 0 Å². The Hall–Kier alpha value is -2.04. The van der Waals surface area contributed by atoms with Crippen molar-refractivity contribution in [3.63, 3.8) is 0 Å². The lowest BCUT2D eigenvalue weighted by atomic mass is 9.93. The zero-order valence-electron chi connectivity index (χ0n) is 15.6. The zero-order chi connectivity index (χ0) is 18.0. The Morgan fingerprint density at radius 2 is 1.67 bits per heavy atom. The molecule has 0 bridgehead atoms. The van der Waals surface area contributed by atoms with Crippen LogP contribution in [0.3, 0.4) is 0 Å². The molecular weight excluding hydrogens is 360 g/mol. The first-order chi connectivity index (χ1) is 12.8. The largest absolute Gasteiger partial charge is 0.491 e. The molecule has 1 unspecified atom stereocenters. The topological polar surface area (TPSA) is 50.4 Å².